The molecule has 0 radical (unpaired) electrons. The van der Waals surface area contributed by atoms with Crippen molar-refractivity contribution in [1.29, 1.82) is 0 Å². The van der Waals surface area contributed by atoms with Crippen molar-refractivity contribution in [1.82, 2.24) is 14.7 Å². The van der Waals surface area contributed by atoms with E-state index in [1.807, 2.05) is 0 Å². The molecular formula is C26H29ClF3N5O5. The smallest absolute Gasteiger partial charge is 0.374 e. The maximum atomic E-state index is 13.9. The summed E-state index contributed by atoms with van der Waals surface area (Å²) in [6.45, 7) is 1.13. The number of nitrogens with zero attached hydrogens (tertiary/aromatic N) is 4. The molecule has 40 heavy (non-hydrogen) atoms. The molecule has 4 rings (SSSR count). The van der Waals surface area contributed by atoms with Gasteiger partial charge in [-0.1, -0.05) is 41.9 Å². The van der Waals surface area contributed by atoms with E-state index < -0.39 is 34.1 Å². The predicted molar refractivity (Wildman–Crippen MR) is 141 cm³/mol. The van der Waals surface area contributed by atoms with E-state index in [4.69, 9.17) is 11.6 Å². The highest BCUT2D eigenvalue weighted by atomic mass is 35.5. The van der Waals surface area contributed by atoms with Crippen molar-refractivity contribution in [3.63, 3.8) is 0 Å². The highest BCUT2D eigenvalue weighted by Gasteiger charge is 2.62. The molecule has 2 saturated heterocycles. The maximum Gasteiger partial charge on any atom is 0.430 e. The normalized spacial score (nSPS) is 18.5. The van der Waals surface area contributed by atoms with Crippen LogP contribution in [0.2, 0.25) is 5.02 Å². The number of benzene rings is 2. The van der Waals surface area contributed by atoms with Crippen molar-refractivity contribution in [2.75, 3.05) is 45.6 Å². The summed E-state index contributed by atoms with van der Waals surface area (Å²) in [7, 11) is 3.03. The summed E-state index contributed by atoms with van der Waals surface area (Å²) in [4.78, 5) is 40.7. The summed E-state index contributed by atoms with van der Waals surface area (Å²) in [5, 5.41) is 25.4. The summed E-state index contributed by atoms with van der Waals surface area (Å²) in [6.07, 6.45) is -4.37. The number of nitro benzene ring substituents is 1. The van der Waals surface area contributed by atoms with Crippen LogP contribution in [-0.2, 0) is 10.4 Å². The van der Waals surface area contributed by atoms with Gasteiger partial charge in [0.25, 0.3) is 23.1 Å². The van der Waals surface area contributed by atoms with Crippen LogP contribution in [0.1, 0.15) is 28.8 Å². The first-order chi connectivity index (χ1) is 18.7. The van der Waals surface area contributed by atoms with E-state index in [0.29, 0.717) is 25.9 Å². The van der Waals surface area contributed by atoms with E-state index in [1.165, 1.54) is 43.3 Å². The van der Waals surface area contributed by atoms with Gasteiger partial charge in [0.05, 0.1) is 21.6 Å². The van der Waals surface area contributed by atoms with Gasteiger partial charge < -0.3 is 20.2 Å². The molecule has 0 spiro atoms. The lowest BCUT2D eigenvalue weighted by Crippen LogP contribution is -2.62. The standard InChI is InChI=1S/C26H29ClF3N5O5/c1-32(2)23(36)19-12-22(35(39)40)21(13-20(19)27)31-17-14-34(15-17)18-8-10-33(11-9-18)24(37)25(38,26(28,29)30)16-6-4-3-5-7-16/h3-7,12-13,17-18,31,38H,8-11,14-15H2,1-2H3/t25-/m1/s1. The minimum Gasteiger partial charge on any atom is -0.374 e. The number of hydrogen-bond acceptors (Lipinski definition) is 7. The van der Waals surface area contributed by atoms with E-state index in [1.54, 1.807) is 0 Å². The Hall–Kier alpha value is -3.42. The second kappa shape index (κ2) is 11.2. The number of likely N-dealkylation sites (tertiary alicyclic amines) is 2. The third-order valence-electron chi connectivity index (χ3n) is 7.37. The zero-order valence-electron chi connectivity index (χ0n) is 21.8. The van der Waals surface area contributed by atoms with Gasteiger partial charge in [0.1, 0.15) is 5.69 Å². The lowest BCUT2D eigenvalue weighted by atomic mass is 9.89. The molecule has 2 aromatic rings. The Balaban J connectivity index is 1.36. The third kappa shape index (κ3) is 5.58. The first-order valence-electron chi connectivity index (χ1n) is 12.6. The fourth-order valence-electron chi connectivity index (χ4n) is 5.11. The lowest BCUT2D eigenvalue weighted by molar-refractivity contribution is -0.384. The van der Waals surface area contributed by atoms with Gasteiger partial charge in [-0.25, -0.2) is 0 Å². The SMILES string of the molecule is CN(C)C(=O)c1cc([N+](=O)[O-])c(NC2CN(C3CCN(C(=O)[C@](O)(c4ccccc4)C(F)(F)F)CC3)C2)cc1Cl. The fourth-order valence-corrected chi connectivity index (χ4v) is 5.35. The number of rotatable bonds is 7. The first kappa shape index (κ1) is 29.6. The Morgan fingerprint density at radius 3 is 2.25 bits per heavy atom. The summed E-state index contributed by atoms with van der Waals surface area (Å²) < 4.78 is 41.7. The van der Waals surface area contributed by atoms with Crippen molar-refractivity contribution in [2.24, 2.45) is 0 Å². The van der Waals surface area contributed by atoms with Gasteiger partial charge in [-0.3, -0.25) is 24.6 Å². The molecule has 2 aliphatic rings. The number of carbonyl (C=O) groups excluding carboxylic acids is 2. The molecule has 2 fully saturated rings. The molecule has 2 amide bonds. The van der Waals surface area contributed by atoms with Crippen molar-refractivity contribution >= 4 is 34.8 Å². The molecule has 2 N–H and O–H groups in total. The maximum absolute atomic E-state index is 13.9. The van der Waals surface area contributed by atoms with Crippen LogP contribution in [0.25, 0.3) is 0 Å². The van der Waals surface area contributed by atoms with Gasteiger partial charge in [-0.05, 0) is 18.9 Å². The summed E-state index contributed by atoms with van der Waals surface area (Å²) >= 11 is 6.24. The number of aliphatic hydroxyl groups is 1. The molecule has 0 unspecified atom stereocenters. The van der Waals surface area contributed by atoms with E-state index in [2.05, 4.69) is 10.2 Å². The van der Waals surface area contributed by atoms with Crippen molar-refractivity contribution in [2.45, 2.75) is 36.7 Å². The Labute approximate surface area is 233 Å². The quantitative estimate of drug-likeness (QED) is 0.378. The number of nitro groups is 1. The van der Waals surface area contributed by atoms with Gasteiger partial charge >= 0.3 is 6.18 Å². The number of carbonyl (C=O) groups is 2. The lowest BCUT2D eigenvalue weighted by Gasteiger charge is -2.48. The van der Waals surface area contributed by atoms with Crippen molar-refractivity contribution < 1.29 is 32.8 Å². The average molecular weight is 584 g/mol. The second-order valence-corrected chi connectivity index (χ2v) is 10.6. The molecule has 2 aromatic carbocycles. The van der Waals surface area contributed by atoms with E-state index >= 15 is 0 Å². The van der Waals surface area contributed by atoms with E-state index in [0.717, 1.165) is 23.1 Å². The Morgan fingerprint density at radius 2 is 1.73 bits per heavy atom. The van der Waals surface area contributed by atoms with Gasteiger partial charge in [0, 0.05) is 57.9 Å². The summed E-state index contributed by atoms with van der Waals surface area (Å²) in [5.74, 6) is -1.86. The monoisotopic (exact) mass is 583 g/mol. The zero-order chi connectivity index (χ0) is 29.4. The van der Waals surface area contributed by atoms with Gasteiger partial charge in [-0.2, -0.15) is 13.2 Å². The Morgan fingerprint density at radius 1 is 1.12 bits per heavy atom. The zero-order valence-corrected chi connectivity index (χ0v) is 22.6. The van der Waals surface area contributed by atoms with Crippen LogP contribution in [0, 0.1) is 10.1 Å². The van der Waals surface area contributed by atoms with Crippen molar-refractivity contribution in [3.8, 4) is 0 Å². The average Bonchev–Trinajstić information content (AvgIpc) is 2.89. The predicted octanol–water partition coefficient (Wildman–Crippen LogP) is 3.49. The number of alkyl halides is 3. The number of hydrogen-bond donors (Lipinski definition) is 2. The third-order valence-corrected chi connectivity index (χ3v) is 7.68. The van der Waals surface area contributed by atoms with Crippen LogP contribution in [0.5, 0.6) is 0 Å². The van der Waals surface area contributed by atoms with E-state index in [9.17, 15) is 38.0 Å². The minimum absolute atomic E-state index is 0.00327. The van der Waals surface area contributed by atoms with Crippen molar-refractivity contribution in [3.05, 3.63) is 68.7 Å². The second-order valence-electron chi connectivity index (χ2n) is 10.2. The molecule has 216 valence electrons. The highest BCUT2D eigenvalue weighted by molar-refractivity contribution is 6.34. The molecule has 10 nitrogen and oxygen atoms in total. The molecule has 2 heterocycles. The van der Waals surface area contributed by atoms with Crippen LogP contribution in [0.15, 0.2) is 42.5 Å². The molecule has 0 aromatic heterocycles. The Kier molecular flexibility index (Phi) is 8.29. The van der Waals surface area contributed by atoms with Gasteiger partial charge in [-0.15, -0.1) is 0 Å². The number of piperidine rings is 1. The first-order valence-corrected chi connectivity index (χ1v) is 13.0. The summed E-state index contributed by atoms with van der Waals surface area (Å²) in [6, 6.07) is 8.67. The molecule has 0 aliphatic carbocycles. The number of nitrogens with one attached hydrogen (secondary N) is 1. The molecule has 1 atom stereocenters. The van der Waals surface area contributed by atoms with Crippen LogP contribution in [-0.4, -0.2) is 95.1 Å². The minimum atomic E-state index is -5.19. The van der Waals surface area contributed by atoms with Gasteiger partial charge in [0.2, 0.25) is 0 Å². The number of halogens is 4. The fraction of sp³-hybridized carbons (Fsp3) is 0.462. The van der Waals surface area contributed by atoms with Crippen LogP contribution < -0.4 is 5.32 Å². The van der Waals surface area contributed by atoms with Crippen LogP contribution in [0.3, 0.4) is 0 Å². The molecular weight excluding hydrogens is 555 g/mol. The summed E-state index contributed by atoms with van der Waals surface area (Å²) in [5.41, 5.74) is -4.24. The Bertz CT molecular complexity index is 1280. The molecule has 2 aliphatic heterocycles. The van der Waals surface area contributed by atoms with Crippen LogP contribution in [0.4, 0.5) is 24.5 Å². The van der Waals surface area contributed by atoms with Gasteiger partial charge in [0.15, 0.2) is 0 Å². The highest BCUT2D eigenvalue weighted by Crippen LogP contribution is 2.41. The molecule has 14 heteroatoms. The molecule has 0 bridgehead atoms. The topological polar surface area (TPSA) is 119 Å². The number of anilines is 1. The van der Waals surface area contributed by atoms with E-state index in [-0.39, 0.29) is 47.1 Å². The van der Waals surface area contributed by atoms with Crippen LogP contribution >= 0.6 is 11.6 Å². The molecule has 0 saturated carbocycles. The largest absolute Gasteiger partial charge is 0.430 e. The number of amides is 2.